The molecule has 0 saturated heterocycles. The zero-order chi connectivity index (χ0) is 10.3. The average Bonchev–Trinajstić information content (AvgIpc) is 2.12. The summed E-state index contributed by atoms with van der Waals surface area (Å²) in [5.74, 6) is -0.178. The molecule has 0 radical (unpaired) electrons. The van der Waals surface area contributed by atoms with E-state index in [2.05, 4.69) is 6.58 Å². The number of esters is 1. The maximum absolute atomic E-state index is 11.4. The Morgan fingerprint density at radius 1 is 1.46 bits per heavy atom. The standard InChI is InChI=1S/C10H18O3/c1-5-10(3,4)9(11)13-8-7-12-6-2/h6H,2,5,7-8H2,1,3-4H3. The summed E-state index contributed by atoms with van der Waals surface area (Å²) in [5.41, 5.74) is -0.395. The van der Waals surface area contributed by atoms with Gasteiger partial charge in [-0.15, -0.1) is 0 Å². The van der Waals surface area contributed by atoms with Gasteiger partial charge in [-0.25, -0.2) is 0 Å². The van der Waals surface area contributed by atoms with E-state index >= 15 is 0 Å². The van der Waals surface area contributed by atoms with Crippen LogP contribution < -0.4 is 0 Å². The average molecular weight is 186 g/mol. The lowest BCUT2D eigenvalue weighted by molar-refractivity contribution is -0.155. The molecule has 3 nitrogen and oxygen atoms in total. The van der Waals surface area contributed by atoms with Crippen LogP contribution in [0.5, 0.6) is 0 Å². The van der Waals surface area contributed by atoms with Crippen LogP contribution in [0.15, 0.2) is 12.8 Å². The Hall–Kier alpha value is -0.990. The molecular weight excluding hydrogens is 168 g/mol. The highest BCUT2D eigenvalue weighted by atomic mass is 16.6. The van der Waals surface area contributed by atoms with Crippen molar-refractivity contribution in [2.24, 2.45) is 5.41 Å². The summed E-state index contributed by atoms with van der Waals surface area (Å²) in [4.78, 5) is 11.4. The number of hydrogen-bond acceptors (Lipinski definition) is 3. The molecule has 13 heavy (non-hydrogen) atoms. The first-order valence-corrected chi connectivity index (χ1v) is 4.44. The predicted octanol–water partition coefficient (Wildman–Crippen LogP) is 2.13. The lowest BCUT2D eigenvalue weighted by Crippen LogP contribution is -2.26. The molecule has 0 rings (SSSR count). The first kappa shape index (κ1) is 12.0. The van der Waals surface area contributed by atoms with E-state index in [1.807, 2.05) is 20.8 Å². The molecule has 0 unspecified atom stereocenters. The predicted molar refractivity (Wildman–Crippen MR) is 51.2 cm³/mol. The molecule has 0 fully saturated rings. The van der Waals surface area contributed by atoms with Crippen molar-refractivity contribution in [2.75, 3.05) is 13.2 Å². The van der Waals surface area contributed by atoms with Gasteiger partial charge in [0.2, 0.25) is 0 Å². The van der Waals surface area contributed by atoms with Gasteiger partial charge in [0.1, 0.15) is 13.2 Å². The van der Waals surface area contributed by atoms with E-state index in [0.29, 0.717) is 6.61 Å². The molecule has 0 amide bonds. The number of carbonyl (C=O) groups is 1. The first-order chi connectivity index (χ1) is 6.04. The highest BCUT2D eigenvalue weighted by Crippen LogP contribution is 2.21. The van der Waals surface area contributed by atoms with Crippen LogP contribution in [0.1, 0.15) is 27.2 Å². The Morgan fingerprint density at radius 3 is 2.54 bits per heavy atom. The van der Waals surface area contributed by atoms with Crippen LogP contribution in [0.3, 0.4) is 0 Å². The molecule has 0 aliphatic rings. The fourth-order valence-electron chi connectivity index (χ4n) is 0.606. The SMILES string of the molecule is C=COCCOC(=O)C(C)(C)CC. The van der Waals surface area contributed by atoms with Crippen LogP contribution in [-0.2, 0) is 14.3 Å². The summed E-state index contributed by atoms with van der Waals surface area (Å²) >= 11 is 0. The van der Waals surface area contributed by atoms with Gasteiger partial charge in [0, 0.05) is 0 Å². The summed E-state index contributed by atoms with van der Waals surface area (Å²) in [6.07, 6.45) is 2.10. The zero-order valence-corrected chi connectivity index (χ0v) is 8.63. The van der Waals surface area contributed by atoms with Crippen LogP contribution in [0.4, 0.5) is 0 Å². The molecule has 0 N–H and O–H groups in total. The Balaban J connectivity index is 3.68. The first-order valence-electron chi connectivity index (χ1n) is 4.44. The van der Waals surface area contributed by atoms with Crippen molar-refractivity contribution in [3.8, 4) is 0 Å². The van der Waals surface area contributed by atoms with E-state index in [9.17, 15) is 4.79 Å². The normalized spacial score (nSPS) is 10.7. The van der Waals surface area contributed by atoms with Gasteiger partial charge < -0.3 is 9.47 Å². The van der Waals surface area contributed by atoms with Crippen molar-refractivity contribution in [1.82, 2.24) is 0 Å². The number of ether oxygens (including phenoxy) is 2. The Morgan fingerprint density at radius 2 is 2.08 bits per heavy atom. The molecule has 3 heteroatoms. The van der Waals surface area contributed by atoms with Crippen molar-refractivity contribution in [3.05, 3.63) is 12.8 Å². The quantitative estimate of drug-likeness (QED) is 0.362. The number of hydrogen-bond donors (Lipinski definition) is 0. The highest BCUT2D eigenvalue weighted by Gasteiger charge is 2.26. The van der Waals surface area contributed by atoms with Crippen LogP contribution in [0, 0.1) is 5.41 Å². The second-order valence-electron chi connectivity index (χ2n) is 3.41. The molecule has 0 aliphatic carbocycles. The number of rotatable bonds is 6. The lowest BCUT2D eigenvalue weighted by atomic mass is 9.91. The Kier molecular flexibility index (Phi) is 5.19. The third-order valence-electron chi connectivity index (χ3n) is 1.99. The van der Waals surface area contributed by atoms with Gasteiger partial charge in [0.05, 0.1) is 11.7 Å². The van der Waals surface area contributed by atoms with E-state index in [4.69, 9.17) is 9.47 Å². The van der Waals surface area contributed by atoms with Crippen molar-refractivity contribution >= 4 is 5.97 Å². The molecule has 0 spiro atoms. The van der Waals surface area contributed by atoms with Crippen molar-refractivity contribution in [3.63, 3.8) is 0 Å². The van der Waals surface area contributed by atoms with E-state index < -0.39 is 5.41 Å². The molecule has 0 heterocycles. The minimum absolute atomic E-state index is 0.178. The van der Waals surface area contributed by atoms with Gasteiger partial charge in [-0.1, -0.05) is 13.5 Å². The Bertz CT molecular complexity index is 173. The Labute approximate surface area is 79.7 Å². The van der Waals surface area contributed by atoms with Crippen LogP contribution in [0.25, 0.3) is 0 Å². The molecule has 0 saturated carbocycles. The van der Waals surface area contributed by atoms with E-state index in [-0.39, 0.29) is 12.6 Å². The maximum Gasteiger partial charge on any atom is 0.311 e. The van der Waals surface area contributed by atoms with Crippen molar-refractivity contribution in [2.45, 2.75) is 27.2 Å². The van der Waals surface area contributed by atoms with Crippen LogP contribution in [-0.4, -0.2) is 19.2 Å². The summed E-state index contributed by atoms with van der Waals surface area (Å²) in [5, 5.41) is 0. The summed E-state index contributed by atoms with van der Waals surface area (Å²) in [6.45, 7) is 9.73. The molecule has 76 valence electrons. The molecule has 0 aromatic carbocycles. The third-order valence-corrected chi connectivity index (χ3v) is 1.99. The summed E-state index contributed by atoms with van der Waals surface area (Å²) in [6, 6.07) is 0. The van der Waals surface area contributed by atoms with Crippen molar-refractivity contribution < 1.29 is 14.3 Å². The molecule has 0 aliphatic heterocycles. The monoisotopic (exact) mass is 186 g/mol. The topological polar surface area (TPSA) is 35.5 Å². The highest BCUT2D eigenvalue weighted by molar-refractivity contribution is 5.75. The molecule has 0 aromatic rings. The molecule has 0 atom stereocenters. The largest absolute Gasteiger partial charge is 0.498 e. The second-order valence-corrected chi connectivity index (χ2v) is 3.41. The van der Waals surface area contributed by atoms with Gasteiger partial charge >= 0.3 is 5.97 Å². The van der Waals surface area contributed by atoms with Gasteiger partial charge in [0.15, 0.2) is 0 Å². The molecule has 0 bridgehead atoms. The second kappa shape index (κ2) is 5.62. The van der Waals surface area contributed by atoms with Gasteiger partial charge in [0.25, 0.3) is 0 Å². The number of carbonyl (C=O) groups excluding carboxylic acids is 1. The van der Waals surface area contributed by atoms with Gasteiger partial charge in [-0.05, 0) is 20.3 Å². The van der Waals surface area contributed by atoms with Crippen LogP contribution >= 0.6 is 0 Å². The zero-order valence-electron chi connectivity index (χ0n) is 8.63. The van der Waals surface area contributed by atoms with E-state index in [0.717, 1.165) is 6.42 Å². The smallest absolute Gasteiger partial charge is 0.311 e. The maximum atomic E-state index is 11.4. The molecule has 0 aromatic heterocycles. The minimum atomic E-state index is -0.395. The van der Waals surface area contributed by atoms with Crippen LogP contribution in [0.2, 0.25) is 0 Å². The van der Waals surface area contributed by atoms with Gasteiger partial charge in [-0.2, -0.15) is 0 Å². The fraction of sp³-hybridized carbons (Fsp3) is 0.700. The minimum Gasteiger partial charge on any atom is -0.498 e. The van der Waals surface area contributed by atoms with E-state index in [1.54, 1.807) is 0 Å². The van der Waals surface area contributed by atoms with E-state index in [1.165, 1.54) is 6.26 Å². The fourth-order valence-corrected chi connectivity index (χ4v) is 0.606. The van der Waals surface area contributed by atoms with Gasteiger partial charge in [-0.3, -0.25) is 4.79 Å². The summed E-state index contributed by atoms with van der Waals surface area (Å²) < 4.78 is 9.80. The third kappa shape index (κ3) is 4.55. The lowest BCUT2D eigenvalue weighted by Gasteiger charge is -2.19. The van der Waals surface area contributed by atoms with Crippen molar-refractivity contribution in [1.29, 1.82) is 0 Å². The molecular formula is C10H18O3. The summed E-state index contributed by atoms with van der Waals surface area (Å²) in [7, 11) is 0.